The predicted octanol–water partition coefficient (Wildman–Crippen LogP) is -0.119. The molecule has 0 saturated heterocycles. The summed E-state index contributed by atoms with van der Waals surface area (Å²) >= 11 is 0. The molecule has 0 aliphatic heterocycles. The average Bonchev–Trinajstić information content (AvgIpc) is 3.05. The fourth-order valence-corrected chi connectivity index (χ4v) is 1.89. The molecule has 0 spiro atoms. The summed E-state index contributed by atoms with van der Waals surface area (Å²) in [4.78, 5) is 33.7. The van der Waals surface area contributed by atoms with E-state index in [-0.39, 0.29) is 0 Å². The topological polar surface area (TPSA) is 114 Å². The van der Waals surface area contributed by atoms with Crippen molar-refractivity contribution in [3.63, 3.8) is 0 Å². The van der Waals surface area contributed by atoms with Gasteiger partial charge in [-0.25, -0.2) is 4.79 Å². The third kappa shape index (κ3) is 3.12. The second-order valence-electron chi connectivity index (χ2n) is 4.57. The molecule has 1 aromatic heterocycles. The molecular formula is C12H15N3O4. The molecule has 7 nitrogen and oxygen atoms in total. The Hall–Kier alpha value is -2.31. The minimum Gasteiger partial charge on any atom is -0.480 e. The summed E-state index contributed by atoms with van der Waals surface area (Å²) in [6, 6.07) is 2.37. The van der Waals surface area contributed by atoms with E-state index in [0.717, 1.165) is 12.8 Å². The number of carboxylic acid groups (broad SMARTS) is 1. The number of amides is 2. The van der Waals surface area contributed by atoms with Gasteiger partial charge in [0, 0.05) is 12.2 Å². The van der Waals surface area contributed by atoms with Crippen LogP contribution in [0.4, 0.5) is 0 Å². The lowest BCUT2D eigenvalue weighted by Gasteiger charge is -2.14. The van der Waals surface area contributed by atoms with E-state index in [4.69, 9.17) is 10.8 Å². The minimum atomic E-state index is -1.30. The smallest absolute Gasteiger partial charge is 0.326 e. The van der Waals surface area contributed by atoms with E-state index in [1.54, 1.807) is 18.3 Å². The van der Waals surface area contributed by atoms with Crippen LogP contribution in [0, 0.1) is 0 Å². The molecule has 1 aromatic rings. The zero-order chi connectivity index (χ0) is 14.0. The monoisotopic (exact) mass is 265 g/mol. The summed E-state index contributed by atoms with van der Waals surface area (Å²) in [5, 5.41) is 11.2. The molecule has 4 N–H and O–H groups in total. The van der Waals surface area contributed by atoms with E-state index in [1.165, 1.54) is 0 Å². The zero-order valence-electron chi connectivity index (χ0n) is 10.2. The summed E-state index contributed by atoms with van der Waals surface area (Å²) in [6.07, 6.45) is 3.39. The SMILES string of the molecule is NC(=O)CC(NC(=O)c1cccn1C1CC1)C(=O)O. The number of nitrogens with zero attached hydrogens (tertiary/aromatic N) is 1. The van der Waals surface area contributed by atoms with Crippen molar-refractivity contribution in [3.8, 4) is 0 Å². The Morgan fingerprint density at radius 3 is 2.68 bits per heavy atom. The molecule has 2 amide bonds. The first-order valence-corrected chi connectivity index (χ1v) is 5.98. The van der Waals surface area contributed by atoms with Crippen molar-refractivity contribution in [3.05, 3.63) is 24.0 Å². The molecule has 1 fully saturated rings. The van der Waals surface area contributed by atoms with E-state index in [1.807, 2.05) is 4.57 Å². The van der Waals surface area contributed by atoms with Crippen LogP contribution in [0.15, 0.2) is 18.3 Å². The first kappa shape index (κ1) is 13.1. The molecule has 1 aliphatic rings. The molecule has 1 saturated carbocycles. The van der Waals surface area contributed by atoms with Gasteiger partial charge in [-0.05, 0) is 25.0 Å². The number of carboxylic acids is 1. The number of carbonyl (C=O) groups is 3. The molecule has 1 unspecified atom stereocenters. The van der Waals surface area contributed by atoms with Gasteiger partial charge in [0.05, 0.1) is 6.42 Å². The van der Waals surface area contributed by atoms with Gasteiger partial charge in [-0.2, -0.15) is 0 Å². The maximum Gasteiger partial charge on any atom is 0.326 e. The molecule has 0 aromatic carbocycles. The van der Waals surface area contributed by atoms with Crippen LogP contribution >= 0.6 is 0 Å². The number of aliphatic carboxylic acids is 1. The molecular weight excluding hydrogens is 250 g/mol. The van der Waals surface area contributed by atoms with Crippen LogP contribution in [-0.4, -0.2) is 33.5 Å². The van der Waals surface area contributed by atoms with Crippen molar-refractivity contribution in [2.75, 3.05) is 0 Å². The standard InChI is InChI=1S/C12H15N3O4/c13-10(16)6-8(12(18)19)14-11(17)9-2-1-5-15(9)7-3-4-7/h1-2,5,7-8H,3-4,6H2,(H2,13,16)(H,14,17)(H,18,19). The Labute approximate surface area is 109 Å². The van der Waals surface area contributed by atoms with E-state index in [0.29, 0.717) is 11.7 Å². The lowest BCUT2D eigenvalue weighted by molar-refractivity contribution is -0.140. The summed E-state index contributed by atoms with van der Waals surface area (Å²) in [7, 11) is 0. The molecule has 7 heteroatoms. The maximum atomic E-state index is 12.0. The van der Waals surface area contributed by atoms with Crippen LogP contribution in [0.1, 0.15) is 35.8 Å². The molecule has 1 heterocycles. The van der Waals surface area contributed by atoms with Crippen LogP contribution in [-0.2, 0) is 9.59 Å². The Kier molecular flexibility index (Phi) is 3.55. The van der Waals surface area contributed by atoms with E-state index in [9.17, 15) is 14.4 Å². The second-order valence-corrected chi connectivity index (χ2v) is 4.57. The van der Waals surface area contributed by atoms with Crippen LogP contribution in [0.5, 0.6) is 0 Å². The summed E-state index contributed by atoms with van der Waals surface area (Å²) < 4.78 is 1.82. The van der Waals surface area contributed by atoms with Gasteiger partial charge in [-0.3, -0.25) is 9.59 Å². The highest BCUT2D eigenvalue weighted by atomic mass is 16.4. The zero-order valence-corrected chi connectivity index (χ0v) is 10.2. The van der Waals surface area contributed by atoms with Crippen molar-refractivity contribution in [2.45, 2.75) is 31.3 Å². The van der Waals surface area contributed by atoms with Crippen molar-refractivity contribution >= 4 is 17.8 Å². The molecule has 0 bridgehead atoms. The maximum absolute atomic E-state index is 12.0. The van der Waals surface area contributed by atoms with Gasteiger partial charge in [-0.15, -0.1) is 0 Å². The number of nitrogens with two attached hydrogens (primary N) is 1. The van der Waals surface area contributed by atoms with Crippen molar-refractivity contribution in [2.24, 2.45) is 5.73 Å². The van der Waals surface area contributed by atoms with E-state index in [2.05, 4.69) is 5.32 Å². The fraction of sp³-hybridized carbons (Fsp3) is 0.417. The molecule has 102 valence electrons. The highest BCUT2D eigenvalue weighted by molar-refractivity contribution is 5.96. The molecule has 2 rings (SSSR count). The highest BCUT2D eigenvalue weighted by Gasteiger charge is 2.29. The van der Waals surface area contributed by atoms with Gasteiger partial charge in [0.1, 0.15) is 11.7 Å². The van der Waals surface area contributed by atoms with E-state index >= 15 is 0 Å². The number of hydrogen-bond acceptors (Lipinski definition) is 3. The third-order valence-electron chi connectivity index (χ3n) is 2.96. The number of hydrogen-bond donors (Lipinski definition) is 3. The van der Waals surface area contributed by atoms with Gasteiger partial charge in [0.25, 0.3) is 5.91 Å². The molecule has 1 aliphatic carbocycles. The number of aromatic nitrogens is 1. The third-order valence-corrected chi connectivity index (χ3v) is 2.96. The lowest BCUT2D eigenvalue weighted by Crippen LogP contribution is -2.43. The Morgan fingerprint density at radius 2 is 2.16 bits per heavy atom. The fourth-order valence-electron chi connectivity index (χ4n) is 1.89. The number of carbonyl (C=O) groups excluding carboxylic acids is 2. The Morgan fingerprint density at radius 1 is 1.47 bits per heavy atom. The minimum absolute atomic E-state index is 0.315. The number of primary amides is 1. The lowest BCUT2D eigenvalue weighted by atomic mass is 10.2. The quantitative estimate of drug-likeness (QED) is 0.665. The number of rotatable bonds is 6. The first-order chi connectivity index (χ1) is 8.99. The van der Waals surface area contributed by atoms with Crippen LogP contribution in [0.2, 0.25) is 0 Å². The summed E-state index contributed by atoms with van der Waals surface area (Å²) in [6.45, 7) is 0. The van der Waals surface area contributed by atoms with Gasteiger partial charge in [0.15, 0.2) is 0 Å². The molecule has 1 atom stereocenters. The predicted molar refractivity (Wildman–Crippen MR) is 65.4 cm³/mol. The first-order valence-electron chi connectivity index (χ1n) is 5.98. The van der Waals surface area contributed by atoms with Crippen molar-refractivity contribution in [1.82, 2.24) is 9.88 Å². The highest BCUT2D eigenvalue weighted by Crippen LogP contribution is 2.35. The Balaban J connectivity index is 2.08. The van der Waals surface area contributed by atoms with E-state index < -0.39 is 30.2 Å². The normalized spacial score (nSPS) is 15.8. The van der Waals surface area contributed by atoms with Crippen LogP contribution in [0.3, 0.4) is 0 Å². The van der Waals surface area contributed by atoms with Gasteiger partial charge < -0.3 is 20.7 Å². The summed E-state index contributed by atoms with van der Waals surface area (Å²) in [5.41, 5.74) is 5.36. The number of nitrogens with one attached hydrogen (secondary N) is 1. The van der Waals surface area contributed by atoms with Gasteiger partial charge in [0.2, 0.25) is 5.91 Å². The molecule has 19 heavy (non-hydrogen) atoms. The Bertz CT molecular complexity index is 519. The van der Waals surface area contributed by atoms with Crippen molar-refractivity contribution in [1.29, 1.82) is 0 Å². The second kappa shape index (κ2) is 5.13. The average molecular weight is 265 g/mol. The summed E-state index contributed by atoms with van der Waals surface area (Å²) in [5.74, 6) is -2.56. The molecule has 0 radical (unpaired) electrons. The van der Waals surface area contributed by atoms with Gasteiger partial charge >= 0.3 is 5.97 Å². The van der Waals surface area contributed by atoms with Crippen molar-refractivity contribution < 1.29 is 19.5 Å². The van der Waals surface area contributed by atoms with Crippen LogP contribution < -0.4 is 11.1 Å². The largest absolute Gasteiger partial charge is 0.480 e. The van der Waals surface area contributed by atoms with Crippen LogP contribution in [0.25, 0.3) is 0 Å². The van der Waals surface area contributed by atoms with Gasteiger partial charge in [-0.1, -0.05) is 0 Å².